The van der Waals surface area contributed by atoms with Crippen LogP contribution in [0.1, 0.15) is 25.0 Å². The third-order valence-corrected chi connectivity index (χ3v) is 5.53. The Morgan fingerprint density at radius 2 is 1.79 bits per heavy atom. The number of thiocarbonyl (C=S) groups is 1. The van der Waals surface area contributed by atoms with Crippen LogP contribution in [0.2, 0.25) is 0 Å². The number of halogens is 1. The van der Waals surface area contributed by atoms with Crippen molar-refractivity contribution in [1.82, 2.24) is 4.90 Å². The minimum atomic E-state index is -0.308. The lowest BCUT2D eigenvalue weighted by Gasteiger charge is -2.30. The molecule has 2 rings (SSSR count). The number of benzene rings is 2. The Bertz CT molecular complexity index is 737. The molecule has 2 aromatic rings. The van der Waals surface area contributed by atoms with E-state index in [0.29, 0.717) is 24.9 Å². The molecule has 2 aromatic carbocycles. The highest BCUT2D eigenvalue weighted by atomic mass is 79.9. The van der Waals surface area contributed by atoms with E-state index in [0.717, 1.165) is 28.7 Å². The molecule has 152 valence electrons. The summed E-state index contributed by atoms with van der Waals surface area (Å²) in [4.78, 5) is 2.12. The van der Waals surface area contributed by atoms with Crippen LogP contribution in [0.4, 0.5) is 5.69 Å². The van der Waals surface area contributed by atoms with Gasteiger partial charge in [0, 0.05) is 29.9 Å². The van der Waals surface area contributed by atoms with Crippen molar-refractivity contribution in [3.63, 3.8) is 0 Å². The summed E-state index contributed by atoms with van der Waals surface area (Å²) in [5.41, 5.74) is 3.41. The highest BCUT2D eigenvalue weighted by Crippen LogP contribution is 2.20. The molecule has 0 atom stereocenters. The second-order valence-corrected chi connectivity index (χ2v) is 7.66. The zero-order valence-corrected chi connectivity index (χ0v) is 19.2. The molecule has 1 N–H and O–H groups in total. The quantitative estimate of drug-likeness (QED) is 0.376. The van der Waals surface area contributed by atoms with Crippen molar-refractivity contribution in [3.05, 3.63) is 64.1 Å². The van der Waals surface area contributed by atoms with Gasteiger partial charge in [-0.1, -0.05) is 46.3 Å². The predicted octanol–water partition coefficient (Wildman–Crippen LogP) is 5.40. The number of anilines is 1. The Balaban J connectivity index is 2.09. The Kier molecular flexibility index (Phi) is 9.92. The first-order valence-corrected chi connectivity index (χ1v) is 10.8. The highest BCUT2D eigenvalue weighted by molar-refractivity contribution is 9.10. The fourth-order valence-electron chi connectivity index (χ4n) is 2.81. The average molecular weight is 465 g/mol. The molecule has 0 aromatic heterocycles. The second kappa shape index (κ2) is 12.2. The van der Waals surface area contributed by atoms with E-state index in [-0.39, 0.29) is 6.29 Å². The summed E-state index contributed by atoms with van der Waals surface area (Å²) in [5, 5.41) is 4.03. The monoisotopic (exact) mass is 464 g/mol. The summed E-state index contributed by atoms with van der Waals surface area (Å²) in [7, 11) is 0. The first-order valence-electron chi connectivity index (χ1n) is 9.62. The van der Waals surface area contributed by atoms with Gasteiger partial charge in [0.25, 0.3) is 0 Å². The zero-order valence-electron chi connectivity index (χ0n) is 16.8. The Morgan fingerprint density at radius 3 is 2.39 bits per heavy atom. The Hall–Kier alpha value is -1.47. The van der Waals surface area contributed by atoms with E-state index in [9.17, 15) is 0 Å². The first kappa shape index (κ1) is 22.8. The molecule has 0 radical (unpaired) electrons. The van der Waals surface area contributed by atoms with Gasteiger partial charge in [-0.25, -0.2) is 0 Å². The van der Waals surface area contributed by atoms with E-state index in [1.165, 1.54) is 5.56 Å². The van der Waals surface area contributed by atoms with Gasteiger partial charge >= 0.3 is 0 Å². The van der Waals surface area contributed by atoms with E-state index >= 15 is 0 Å². The van der Waals surface area contributed by atoms with Crippen molar-refractivity contribution < 1.29 is 9.47 Å². The minimum Gasteiger partial charge on any atom is -0.351 e. The molecule has 0 saturated heterocycles. The molecule has 0 aliphatic rings. The van der Waals surface area contributed by atoms with Crippen LogP contribution in [0.5, 0.6) is 0 Å². The van der Waals surface area contributed by atoms with Gasteiger partial charge in [-0.15, -0.1) is 0 Å². The molecule has 28 heavy (non-hydrogen) atoms. The fourth-order valence-corrected chi connectivity index (χ4v) is 3.35. The molecular formula is C22H29BrN2O2S. The van der Waals surface area contributed by atoms with Gasteiger partial charge < -0.3 is 19.7 Å². The summed E-state index contributed by atoms with van der Waals surface area (Å²) in [6.07, 6.45) is 0.588. The van der Waals surface area contributed by atoms with Gasteiger partial charge in [-0.2, -0.15) is 0 Å². The van der Waals surface area contributed by atoms with Crippen LogP contribution in [0.3, 0.4) is 0 Å². The van der Waals surface area contributed by atoms with Crippen molar-refractivity contribution in [2.45, 2.75) is 33.5 Å². The number of ether oxygens (including phenoxy) is 2. The number of hydrogen-bond acceptors (Lipinski definition) is 3. The molecule has 6 heteroatoms. The van der Waals surface area contributed by atoms with E-state index in [4.69, 9.17) is 21.7 Å². The number of nitrogens with zero attached hydrogens (tertiary/aromatic N) is 1. The van der Waals surface area contributed by atoms with Crippen molar-refractivity contribution >= 4 is 38.9 Å². The third-order valence-electron chi connectivity index (χ3n) is 4.28. The van der Waals surface area contributed by atoms with Crippen molar-refractivity contribution in [3.8, 4) is 0 Å². The molecule has 4 nitrogen and oxygen atoms in total. The van der Waals surface area contributed by atoms with Crippen molar-refractivity contribution in [2.75, 3.05) is 31.6 Å². The Morgan fingerprint density at radius 1 is 1.11 bits per heavy atom. The summed E-state index contributed by atoms with van der Waals surface area (Å²) < 4.78 is 12.6. The summed E-state index contributed by atoms with van der Waals surface area (Å²) >= 11 is 9.27. The smallest absolute Gasteiger partial charge is 0.174 e. The zero-order chi connectivity index (χ0) is 20.4. The number of aryl methyl sites for hydroxylation is 1. The lowest BCUT2D eigenvalue weighted by molar-refractivity contribution is -0.141. The van der Waals surface area contributed by atoms with Crippen LogP contribution in [0.15, 0.2) is 53.0 Å². The van der Waals surface area contributed by atoms with E-state index in [1.54, 1.807) is 0 Å². The molecule has 0 fully saturated rings. The van der Waals surface area contributed by atoms with Crippen LogP contribution in [-0.2, 0) is 15.9 Å². The topological polar surface area (TPSA) is 33.7 Å². The summed E-state index contributed by atoms with van der Waals surface area (Å²) in [6, 6.07) is 16.5. The van der Waals surface area contributed by atoms with Gasteiger partial charge in [0.2, 0.25) is 0 Å². The summed E-state index contributed by atoms with van der Waals surface area (Å²) in [5.74, 6) is 0. The standard InChI is InChI=1S/C22H29BrN2O2S/c1-4-26-21(27-5-2)16-25(14-13-18-9-7-6-8-10-18)22(28)24-19-11-12-20(23)17(3)15-19/h6-12,15,21H,4-5,13-14,16H2,1-3H3,(H,24,28). The molecule has 0 aliphatic carbocycles. The third kappa shape index (κ3) is 7.51. The van der Waals surface area contributed by atoms with Crippen LogP contribution in [0, 0.1) is 6.92 Å². The largest absolute Gasteiger partial charge is 0.351 e. The van der Waals surface area contributed by atoms with Gasteiger partial charge in [0.1, 0.15) is 0 Å². The van der Waals surface area contributed by atoms with Gasteiger partial charge in [-0.3, -0.25) is 0 Å². The molecule has 0 unspecified atom stereocenters. The van der Waals surface area contributed by atoms with E-state index < -0.39 is 0 Å². The molecule has 0 saturated carbocycles. The SMILES string of the molecule is CCOC(CN(CCc1ccccc1)C(=S)Nc1ccc(Br)c(C)c1)OCC. The number of rotatable bonds is 10. The molecule has 0 heterocycles. The summed E-state index contributed by atoms with van der Waals surface area (Å²) in [6.45, 7) is 8.57. The molecule has 0 aliphatic heterocycles. The fraction of sp³-hybridized carbons (Fsp3) is 0.409. The van der Waals surface area contributed by atoms with Gasteiger partial charge in [0.15, 0.2) is 11.4 Å². The van der Waals surface area contributed by atoms with E-state index in [1.807, 2.05) is 32.0 Å². The number of nitrogens with one attached hydrogen (secondary N) is 1. The van der Waals surface area contributed by atoms with Crippen LogP contribution < -0.4 is 5.32 Å². The highest BCUT2D eigenvalue weighted by Gasteiger charge is 2.17. The van der Waals surface area contributed by atoms with Crippen LogP contribution in [0.25, 0.3) is 0 Å². The maximum absolute atomic E-state index is 5.74. The molecule has 0 amide bonds. The van der Waals surface area contributed by atoms with Crippen LogP contribution in [-0.4, -0.2) is 42.6 Å². The van der Waals surface area contributed by atoms with Gasteiger partial charge in [-0.05, 0) is 68.7 Å². The van der Waals surface area contributed by atoms with E-state index in [2.05, 4.69) is 63.4 Å². The maximum Gasteiger partial charge on any atom is 0.174 e. The Labute approximate surface area is 182 Å². The predicted molar refractivity (Wildman–Crippen MR) is 124 cm³/mol. The molecular weight excluding hydrogens is 436 g/mol. The maximum atomic E-state index is 5.74. The molecule has 0 spiro atoms. The van der Waals surface area contributed by atoms with Crippen LogP contribution >= 0.6 is 28.1 Å². The van der Waals surface area contributed by atoms with Crippen molar-refractivity contribution in [1.29, 1.82) is 0 Å². The number of hydrogen-bond donors (Lipinski definition) is 1. The van der Waals surface area contributed by atoms with Gasteiger partial charge in [0.05, 0.1) is 6.54 Å². The lowest BCUT2D eigenvalue weighted by Crippen LogP contribution is -2.43. The van der Waals surface area contributed by atoms with Crippen molar-refractivity contribution in [2.24, 2.45) is 0 Å². The molecule has 0 bridgehead atoms. The first-order chi connectivity index (χ1) is 13.5. The average Bonchev–Trinajstić information content (AvgIpc) is 2.69. The normalized spacial score (nSPS) is 10.9. The minimum absolute atomic E-state index is 0.308. The lowest BCUT2D eigenvalue weighted by atomic mass is 10.1. The second-order valence-electron chi connectivity index (χ2n) is 6.42.